The van der Waals surface area contributed by atoms with Crippen molar-refractivity contribution in [2.24, 2.45) is 5.73 Å². The van der Waals surface area contributed by atoms with E-state index in [1.165, 1.54) is 7.05 Å². The molecule has 6 heteroatoms. The Hall–Kier alpha value is -1.27. The van der Waals surface area contributed by atoms with E-state index in [0.29, 0.717) is 19.4 Å². The van der Waals surface area contributed by atoms with Crippen LogP contribution in [0, 0.1) is 6.92 Å². The number of aryl methyl sites for hydroxylation is 1. The molecule has 0 amide bonds. The number of nitrogens with zero attached hydrogens (tertiary/aromatic N) is 2. The van der Waals surface area contributed by atoms with Crippen LogP contribution in [-0.2, 0) is 11.3 Å². The number of ether oxygens (including phenoxy) is 1. The van der Waals surface area contributed by atoms with Crippen LogP contribution in [0.1, 0.15) is 30.7 Å². The van der Waals surface area contributed by atoms with Crippen LogP contribution in [0.3, 0.4) is 0 Å². The summed E-state index contributed by atoms with van der Waals surface area (Å²) in [6.45, 7) is 2.30. The van der Waals surface area contributed by atoms with Crippen molar-refractivity contribution in [1.29, 1.82) is 0 Å². The molecule has 1 aromatic heterocycles. The largest absolute Gasteiger partial charge is 0.387 e. The van der Waals surface area contributed by atoms with Gasteiger partial charge in [-0.15, -0.1) is 0 Å². The standard InChI is InChI=1S/C12H18FN3O.CH5N/c1-8-12(14-2)6-10(16-15-8)7-17-11-4-3-9(13)5-11;1-2/h6,9,11H,3-5,7H2,1-2H3,(H,14,16);2H2,1H3. The first-order valence-corrected chi connectivity index (χ1v) is 6.53. The molecule has 2 unspecified atom stereocenters. The lowest BCUT2D eigenvalue weighted by Crippen LogP contribution is -2.10. The highest BCUT2D eigenvalue weighted by atomic mass is 19.1. The number of nitrogens with two attached hydrogens (primary N) is 1. The summed E-state index contributed by atoms with van der Waals surface area (Å²) in [5.41, 5.74) is 7.09. The van der Waals surface area contributed by atoms with Gasteiger partial charge in [-0.05, 0) is 32.9 Å². The zero-order valence-corrected chi connectivity index (χ0v) is 11.8. The van der Waals surface area contributed by atoms with E-state index in [-0.39, 0.29) is 6.10 Å². The highest BCUT2D eigenvalue weighted by Gasteiger charge is 2.24. The van der Waals surface area contributed by atoms with Crippen LogP contribution < -0.4 is 11.1 Å². The normalized spacial score (nSPS) is 21.7. The van der Waals surface area contributed by atoms with E-state index in [1.807, 2.05) is 20.0 Å². The second-order valence-corrected chi connectivity index (χ2v) is 4.43. The Morgan fingerprint density at radius 1 is 1.42 bits per heavy atom. The van der Waals surface area contributed by atoms with Crippen LogP contribution in [0.4, 0.5) is 10.1 Å². The molecule has 0 radical (unpaired) electrons. The van der Waals surface area contributed by atoms with Gasteiger partial charge in [-0.2, -0.15) is 10.2 Å². The van der Waals surface area contributed by atoms with E-state index in [4.69, 9.17) is 4.74 Å². The molecule has 0 spiro atoms. The van der Waals surface area contributed by atoms with Crippen molar-refractivity contribution in [3.05, 3.63) is 17.5 Å². The van der Waals surface area contributed by atoms with Crippen LogP contribution in [0.2, 0.25) is 0 Å². The molecule has 0 aromatic carbocycles. The maximum absolute atomic E-state index is 13.0. The molecule has 0 aliphatic heterocycles. The van der Waals surface area contributed by atoms with Crippen molar-refractivity contribution in [2.45, 2.75) is 45.1 Å². The molecule has 0 bridgehead atoms. The van der Waals surface area contributed by atoms with Crippen LogP contribution in [0.5, 0.6) is 0 Å². The lowest BCUT2D eigenvalue weighted by Gasteiger charge is -2.11. The van der Waals surface area contributed by atoms with E-state index in [9.17, 15) is 4.39 Å². The Labute approximate surface area is 113 Å². The van der Waals surface area contributed by atoms with Gasteiger partial charge >= 0.3 is 0 Å². The number of anilines is 1. The van der Waals surface area contributed by atoms with Gasteiger partial charge in [-0.3, -0.25) is 0 Å². The third-order valence-electron chi connectivity index (χ3n) is 3.09. The Balaban J connectivity index is 0.000000861. The summed E-state index contributed by atoms with van der Waals surface area (Å²) in [5.74, 6) is 0. The minimum atomic E-state index is -0.697. The molecule has 3 N–H and O–H groups in total. The fraction of sp³-hybridized carbons (Fsp3) is 0.692. The maximum Gasteiger partial charge on any atom is 0.103 e. The minimum absolute atomic E-state index is 0.0335. The molecule has 1 heterocycles. The molecule has 0 saturated heterocycles. The van der Waals surface area contributed by atoms with E-state index < -0.39 is 6.17 Å². The molecule has 1 aliphatic carbocycles. The molecule has 1 aromatic rings. The molecular weight excluding hydrogens is 247 g/mol. The van der Waals surface area contributed by atoms with Crippen molar-refractivity contribution >= 4 is 5.69 Å². The summed E-state index contributed by atoms with van der Waals surface area (Å²) in [7, 11) is 3.35. The lowest BCUT2D eigenvalue weighted by molar-refractivity contribution is 0.0392. The molecule has 2 rings (SSSR count). The number of halogens is 1. The quantitative estimate of drug-likeness (QED) is 0.873. The predicted molar refractivity (Wildman–Crippen MR) is 73.8 cm³/mol. The average Bonchev–Trinajstić information content (AvgIpc) is 2.86. The van der Waals surface area contributed by atoms with Gasteiger partial charge in [0.15, 0.2) is 0 Å². The molecule has 19 heavy (non-hydrogen) atoms. The molecular formula is C13H23FN4O. The summed E-state index contributed by atoms with van der Waals surface area (Å²) in [4.78, 5) is 0. The number of rotatable bonds is 4. The van der Waals surface area contributed by atoms with Crippen LogP contribution in [-0.4, -0.2) is 36.6 Å². The molecule has 1 fully saturated rings. The highest BCUT2D eigenvalue weighted by molar-refractivity contribution is 5.46. The van der Waals surface area contributed by atoms with Gasteiger partial charge in [0.05, 0.1) is 29.8 Å². The number of alkyl halides is 1. The lowest BCUT2D eigenvalue weighted by atomic mass is 10.3. The van der Waals surface area contributed by atoms with Gasteiger partial charge in [-0.1, -0.05) is 0 Å². The fourth-order valence-corrected chi connectivity index (χ4v) is 2.06. The Bertz CT molecular complexity index is 389. The molecule has 1 saturated carbocycles. The summed E-state index contributed by atoms with van der Waals surface area (Å²) < 4.78 is 18.6. The van der Waals surface area contributed by atoms with Crippen molar-refractivity contribution in [1.82, 2.24) is 10.2 Å². The van der Waals surface area contributed by atoms with Crippen LogP contribution >= 0.6 is 0 Å². The minimum Gasteiger partial charge on any atom is -0.387 e. The zero-order chi connectivity index (χ0) is 14.3. The van der Waals surface area contributed by atoms with Gasteiger partial charge < -0.3 is 15.8 Å². The van der Waals surface area contributed by atoms with Crippen molar-refractivity contribution in [3.8, 4) is 0 Å². The molecule has 1 aliphatic rings. The number of aromatic nitrogens is 2. The summed E-state index contributed by atoms with van der Waals surface area (Å²) in [6.07, 6.45) is 1.27. The van der Waals surface area contributed by atoms with Crippen molar-refractivity contribution in [2.75, 3.05) is 19.4 Å². The van der Waals surface area contributed by atoms with Crippen LogP contribution in [0.15, 0.2) is 6.07 Å². The van der Waals surface area contributed by atoms with Gasteiger partial charge in [-0.25, -0.2) is 4.39 Å². The Morgan fingerprint density at radius 3 is 2.74 bits per heavy atom. The Kier molecular flexibility index (Phi) is 6.66. The fourth-order valence-electron chi connectivity index (χ4n) is 2.06. The third kappa shape index (κ3) is 4.72. The number of nitrogens with one attached hydrogen (secondary N) is 1. The van der Waals surface area contributed by atoms with Gasteiger partial charge in [0.1, 0.15) is 6.17 Å². The molecule has 108 valence electrons. The maximum atomic E-state index is 13.0. The van der Waals surface area contributed by atoms with E-state index >= 15 is 0 Å². The number of hydrogen-bond donors (Lipinski definition) is 2. The molecule has 5 nitrogen and oxygen atoms in total. The van der Waals surface area contributed by atoms with Gasteiger partial charge in [0, 0.05) is 13.5 Å². The first kappa shape index (κ1) is 15.8. The van der Waals surface area contributed by atoms with Crippen LogP contribution in [0.25, 0.3) is 0 Å². The average molecular weight is 270 g/mol. The topological polar surface area (TPSA) is 73.1 Å². The van der Waals surface area contributed by atoms with E-state index in [1.54, 1.807) is 0 Å². The second-order valence-electron chi connectivity index (χ2n) is 4.43. The second kappa shape index (κ2) is 8.01. The van der Waals surface area contributed by atoms with E-state index in [0.717, 1.165) is 23.5 Å². The SMILES string of the molecule is CN.CNc1cc(COC2CCC(F)C2)nnc1C. The predicted octanol–water partition coefficient (Wildman–Crippen LogP) is 1.81. The van der Waals surface area contributed by atoms with E-state index in [2.05, 4.69) is 21.2 Å². The monoisotopic (exact) mass is 270 g/mol. The Morgan fingerprint density at radius 2 is 2.16 bits per heavy atom. The van der Waals surface area contributed by atoms with Crippen molar-refractivity contribution in [3.63, 3.8) is 0 Å². The van der Waals surface area contributed by atoms with Gasteiger partial charge in [0.2, 0.25) is 0 Å². The first-order valence-electron chi connectivity index (χ1n) is 6.53. The smallest absolute Gasteiger partial charge is 0.103 e. The summed E-state index contributed by atoms with van der Waals surface area (Å²) in [6, 6.07) is 1.92. The summed E-state index contributed by atoms with van der Waals surface area (Å²) in [5, 5.41) is 11.2. The van der Waals surface area contributed by atoms with Crippen molar-refractivity contribution < 1.29 is 9.13 Å². The zero-order valence-electron chi connectivity index (χ0n) is 11.8. The highest BCUT2D eigenvalue weighted by Crippen LogP contribution is 2.25. The summed E-state index contributed by atoms with van der Waals surface area (Å²) >= 11 is 0. The van der Waals surface area contributed by atoms with Gasteiger partial charge in [0.25, 0.3) is 0 Å². The number of hydrogen-bond acceptors (Lipinski definition) is 5. The first-order chi connectivity index (χ1) is 9.19. The third-order valence-corrected chi connectivity index (χ3v) is 3.09. The molecule has 2 atom stereocenters.